The maximum Gasteiger partial charge on any atom is 0.251 e. The number of amides is 2. The number of unbranched alkanes of at least 4 members (excludes halogenated alkanes) is 6. The van der Waals surface area contributed by atoms with Gasteiger partial charge in [0, 0.05) is 91.0 Å². The molecular formula is C68H75N10O2+. The van der Waals surface area contributed by atoms with Crippen LogP contribution in [0.5, 0.6) is 0 Å². The molecule has 8 N–H and O–H groups in total. The molecule has 1 aliphatic carbocycles. The van der Waals surface area contributed by atoms with Gasteiger partial charge >= 0.3 is 0 Å². The number of benzene rings is 7. The van der Waals surface area contributed by atoms with Crippen LogP contribution in [-0.2, 0) is 12.8 Å². The van der Waals surface area contributed by atoms with E-state index in [2.05, 4.69) is 136 Å². The number of hydrogen-bond acceptors (Lipinski definition) is 9. The Labute approximate surface area is 471 Å². The molecule has 1 atom stereocenters. The van der Waals surface area contributed by atoms with Crippen LogP contribution >= 0.6 is 0 Å². The second-order valence-corrected chi connectivity index (χ2v) is 21.6. The molecule has 1 aromatic heterocycles. The molecule has 0 bridgehead atoms. The Bertz CT molecular complexity index is 3710. The third-order valence-corrected chi connectivity index (χ3v) is 15.9. The Kier molecular flexibility index (Phi) is 16.7. The number of anilines is 5. The van der Waals surface area contributed by atoms with Crippen LogP contribution < -0.4 is 42.2 Å². The second kappa shape index (κ2) is 24.5. The molecule has 0 saturated carbocycles. The molecule has 1 unspecified atom stereocenters. The van der Waals surface area contributed by atoms with Gasteiger partial charge in [0.15, 0.2) is 0 Å². The highest BCUT2D eigenvalue weighted by Crippen LogP contribution is 2.44. The highest BCUT2D eigenvalue weighted by molar-refractivity contribution is 6.11. The molecular weight excluding hydrogens is 989 g/mol. The van der Waals surface area contributed by atoms with E-state index in [9.17, 15) is 9.59 Å². The number of nitrogens with one attached hydrogen (secondary N) is 4. The third kappa shape index (κ3) is 12.1. The average molecular weight is 1060 g/mol. The Morgan fingerprint density at radius 3 is 1.77 bits per heavy atom. The molecule has 0 fully saturated rings. The van der Waals surface area contributed by atoms with Gasteiger partial charge in [-0.15, -0.1) is 4.57 Å². The van der Waals surface area contributed by atoms with Crippen LogP contribution in [0.3, 0.4) is 0 Å². The van der Waals surface area contributed by atoms with Crippen molar-refractivity contribution in [3.8, 4) is 16.8 Å². The lowest BCUT2D eigenvalue weighted by Crippen LogP contribution is -2.41. The number of nitrogens with zero attached hydrogens (tertiary/aromatic N) is 4. The number of aromatic nitrogens is 2. The fourth-order valence-electron chi connectivity index (χ4n) is 11.2. The summed E-state index contributed by atoms with van der Waals surface area (Å²) in [6, 6.07) is 45.5. The minimum absolute atomic E-state index is 0.0483. The monoisotopic (exact) mass is 1060 g/mol. The van der Waals surface area contributed by atoms with Crippen LogP contribution in [0.25, 0.3) is 38.9 Å². The molecule has 408 valence electrons. The number of carbonyl (C=O) groups excluding carboxylic acids is 2. The van der Waals surface area contributed by atoms with E-state index in [4.69, 9.17) is 21.4 Å². The topological polar surface area (TPSA) is 167 Å². The van der Waals surface area contributed by atoms with Crippen LogP contribution in [-0.4, -0.2) is 55.7 Å². The molecule has 80 heavy (non-hydrogen) atoms. The Hall–Kier alpha value is -8.77. The average Bonchev–Trinajstić information content (AvgIpc) is 3.53. The molecule has 1 aliphatic heterocycles. The molecule has 0 radical (unpaired) electrons. The molecule has 10 rings (SSSR count). The van der Waals surface area contributed by atoms with E-state index in [0.717, 1.165) is 165 Å². The fraction of sp³-hybridized carbons (Fsp3) is 0.279. The first-order chi connectivity index (χ1) is 38.8. The summed E-state index contributed by atoms with van der Waals surface area (Å²) in [6.45, 7) is 9.53. The summed E-state index contributed by atoms with van der Waals surface area (Å²) in [5.74, 6) is -0.142. The van der Waals surface area contributed by atoms with Crippen molar-refractivity contribution in [2.45, 2.75) is 97.9 Å². The van der Waals surface area contributed by atoms with Crippen LogP contribution in [0.2, 0.25) is 0 Å². The highest BCUT2D eigenvalue weighted by Gasteiger charge is 2.33. The number of likely N-dealkylation sites (N-methyl/N-ethyl adjacent to an activating group) is 1. The standard InChI is InChI=1S/C68H74N10O2/c1-43-33-59-63(39-55(43)69)77(65-41-57(71-5)45(3)35-61(65)75-59)53-21-15-19-47(37-53)17-11-7-9-13-31-73-67(79)51-27-23-49(24-28-51)50-25-29-52(30-26-50)68(80)74-32-14-10-8-12-18-48-20-16-22-54(38-48)78-64-40-56(70)44(2)34-60(64)76-62-36-46(4)58(72-6)42-66(62)78/h15-16,19-30,33-42,65,71H,7-14,17-18,31-32,69H2,1-6H3,(H4,70,72,73,74,79,80)/p+1. The number of allylic oxidation sites excluding steroid dienone is 1. The molecule has 2 heterocycles. The molecule has 12 heteroatoms. The van der Waals surface area contributed by atoms with Gasteiger partial charge in [0.05, 0.1) is 23.1 Å². The zero-order valence-electron chi connectivity index (χ0n) is 47.2. The quantitative estimate of drug-likeness (QED) is 0.0179. The predicted octanol–water partition coefficient (Wildman–Crippen LogP) is 13.2. The van der Waals surface area contributed by atoms with Gasteiger partial charge in [-0.05, 0) is 184 Å². The summed E-state index contributed by atoms with van der Waals surface area (Å²) in [5.41, 5.74) is 35.8. The smallest absolute Gasteiger partial charge is 0.251 e. The Balaban J connectivity index is 0.633. The number of nitrogen functional groups attached to an aromatic ring is 2. The van der Waals surface area contributed by atoms with Crippen LogP contribution in [0.4, 0.5) is 34.1 Å². The van der Waals surface area contributed by atoms with Gasteiger partial charge in [-0.25, -0.2) is 9.98 Å². The predicted molar refractivity (Wildman–Crippen MR) is 331 cm³/mol. The SMILES string of the molecule is CNC1=CC2C(=Nc3cc(C)c(N)cc3N2c2cccc(CCCCCCNC(=O)c3ccc(-c4ccc(C(=O)NCCCCCCc5cccc(-[n+]6c7cc(N)c(C)cc7nc7cc(C)c(NC)cc76)c5)cc4)cc3)c2)C=C1C. The van der Waals surface area contributed by atoms with Crippen molar-refractivity contribution in [3.05, 3.63) is 196 Å². The number of fused-ring (bicyclic) bond motifs is 4. The van der Waals surface area contributed by atoms with E-state index in [1.54, 1.807) is 0 Å². The second-order valence-electron chi connectivity index (χ2n) is 21.6. The number of hydrogen-bond donors (Lipinski definition) is 6. The minimum atomic E-state index is -0.0715. The Morgan fingerprint density at radius 2 is 1.15 bits per heavy atom. The largest absolute Gasteiger partial charge is 0.398 e. The maximum absolute atomic E-state index is 13.1. The van der Waals surface area contributed by atoms with Crippen LogP contribution in [0.1, 0.15) is 107 Å². The zero-order chi connectivity index (χ0) is 55.9. The van der Waals surface area contributed by atoms with Crippen molar-refractivity contribution in [2.24, 2.45) is 4.99 Å². The van der Waals surface area contributed by atoms with Crippen molar-refractivity contribution in [3.63, 3.8) is 0 Å². The van der Waals surface area contributed by atoms with Crippen molar-refractivity contribution in [2.75, 3.05) is 48.9 Å². The van der Waals surface area contributed by atoms with Crippen molar-refractivity contribution in [1.29, 1.82) is 0 Å². The van der Waals surface area contributed by atoms with E-state index in [0.29, 0.717) is 24.2 Å². The van der Waals surface area contributed by atoms with E-state index >= 15 is 0 Å². The summed E-state index contributed by atoms with van der Waals surface area (Å²) < 4.78 is 2.28. The molecule has 12 nitrogen and oxygen atoms in total. The van der Waals surface area contributed by atoms with E-state index in [1.165, 1.54) is 16.7 Å². The fourth-order valence-corrected chi connectivity index (χ4v) is 11.2. The first kappa shape index (κ1) is 54.6. The normalized spacial score (nSPS) is 13.8. The van der Waals surface area contributed by atoms with Gasteiger partial charge in [-0.2, -0.15) is 0 Å². The summed E-state index contributed by atoms with van der Waals surface area (Å²) in [5, 5.41) is 12.9. The molecule has 7 aromatic carbocycles. The number of rotatable bonds is 21. The summed E-state index contributed by atoms with van der Waals surface area (Å²) in [6.07, 6.45) is 14.5. The number of aryl methyl sites for hydroxylation is 5. The van der Waals surface area contributed by atoms with E-state index in [-0.39, 0.29) is 17.9 Å². The molecule has 0 spiro atoms. The molecule has 8 aromatic rings. The van der Waals surface area contributed by atoms with E-state index < -0.39 is 0 Å². The minimum Gasteiger partial charge on any atom is -0.398 e. The summed E-state index contributed by atoms with van der Waals surface area (Å²) >= 11 is 0. The number of aliphatic imine (C=N–C) groups is 1. The molecule has 2 amide bonds. The van der Waals surface area contributed by atoms with Gasteiger partial charge < -0.3 is 37.6 Å². The molecule has 2 aliphatic rings. The highest BCUT2D eigenvalue weighted by atomic mass is 16.2. The van der Waals surface area contributed by atoms with Gasteiger partial charge in [0.1, 0.15) is 11.0 Å². The lowest BCUT2D eigenvalue weighted by Gasteiger charge is -2.39. The maximum atomic E-state index is 13.1. The van der Waals surface area contributed by atoms with Crippen LogP contribution in [0, 0.1) is 20.8 Å². The first-order valence-corrected chi connectivity index (χ1v) is 28.4. The lowest BCUT2D eigenvalue weighted by molar-refractivity contribution is -0.538. The number of nitrogens with two attached hydrogens (primary N) is 2. The van der Waals surface area contributed by atoms with Crippen LogP contribution in [0.15, 0.2) is 162 Å². The third-order valence-electron chi connectivity index (χ3n) is 15.9. The van der Waals surface area contributed by atoms with Gasteiger partial charge in [-0.3, -0.25) is 9.59 Å². The zero-order valence-corrected chi connectivity index (χ0v) is 47.2. The van der Waals surface area contributed by atoms with Gasteiger partial charge in [-0.1, -0.05) is 74.2 Å². The van der Waals surface area contributed by atoms with Crippen molar-refractivity contribution >= 4 is 73.7 Å². The summed E-state index contributed by atoms with van der Waals surface area (Å²) in [4.78, 5) is 38.7. The number of carbonyl (C=O) groups is 2. The van der Waals surface area contributed by atoms with Gasteiger partial charge in [0.25, 0.3) is 11.8 Å². The van der Waals surface area contributed by atoms with Gasteiger partial charge in [0.2, 0.25) is 16.7 Å². The first-order valence-electron chi connectivity index (χ1n) is 28.4. The van der Waals surface area contributed by atoms with Crippen molar-refractivity contribution in [1.82, 2.24) is 20.9 Å². The lowest BCUT2D eigenvalue weighted by atomic mass is 9.93. The van der Waals surface area contributed by atoms with Crippen molar-refractivity contribution < 1.29 is 14.2 Å². The van der Waals surface area contributed by atoms with E-state index in [1.807, 2.05) is 82.5 Å². The Morgan fingerprint density at radius 1 is 0.588 bits per heavy atom. The molecule has 0 saturated heterocycles. The summed E-state index contributed by atoms with van der Waals surface area (Å²) in [7, 11) is 3.91.